The molecule has 0 saturated carbocycles. The van der Waals surface area contributed by atoms with Crippen LogP contribution in [-0.2, 0) is 7.05 Å². The predicted molar refractivity (Wildman–Crippen MR) is 81.0 cm³/mol. The zero-order valence-electron chi connectivity index (χ0n) is 11.4. The van der Waals surface area contributed by atoms with Gasteiger partial charge in [0.15, 0.2) is 0 Å². The minimum absolute atomic E-state index is 0.176. The maximum absolute atomic E-state index is 11.6. The number of pyridine rings is 1. The number of benzene rings is 1. The first kappa shape index (κ1) is 13.1. The summed E-state index contributed by atoms with van der Waals surface area (Å²) in [6, 6.07) is 15.8. The molecule has 0 spiro atoms. The lowest BCUT2D eigenvalue weighted by molar-refractivity contribution is 0.712. The Bertz CT molecular complexity index is 895. The van der Waals surface area contributed by atoms with Gasteiger partial charge in [0.2, 0.25) is 5.56 Å². The van der Waals surface area contributed by atoms with E-state index in [2.05, 4.69) is 10.1 Å². The van der Waals surface area contributed by atoms with Crippen LogP contribution in [0, 0.1) is 0 Å². The van der Waals surface area contributed by atoms with E-state index in [0.29, 0.717) is 11.4 Å². The summed E-state index contributed by atoms with van der Waals surface area (Å²) >= 11 is 0. The Morgan fingerprint density at radius 2 is 1.71 bits per heavy atom. The van der Waals surface area contributed by atoms with Gasteiger partial charge in [0.25, 0.3) is 5.56 Å². The molecule has 0 aliphatic heterocycles. The second kappa shape index (κ2) is 5.20. The summed E-state index contributed by atoms with van der Waals surface area (Å²) in [5.41, 5.74) is 2.63. The SMILES string of the molecule is Cn1nc(-c2ccc(=O)[nH]c2-c2ccccc2)ccc1=O. The molecule has 21 heavy (non-hydrogen) atoms. The summed E-state index contributed by atoms with van der Waals surface area (Å²) in [6.45, 7) is 0. The Balaban J connectivity index is 2.26. The predicted octanol–water partition coefficient (Wildman–Crippen LogP) is 1.80. The van der Waals surface area contributed by atoms with E-state index >= 15 is 0 Å². The number of nitrogens with zero attached hydrogens (tertiary/aromatic N) is 2. The molecule has 0 fully saturated rings. The van der Waals surface area contributed by atoms with Gasteiger partial charge in [-0.05, 0) is 17.7 Å². The van der Waals surface area contributed by atoms with Crippen molar-refractivity contribution in [3.8, 4) is 22.5 Å². The van der Waals surface area contributed by atoms with Crippen molar-refractivity contribution in [1.82, 2.24) is 14.8 Å². The van der Waals surface area contributed by atoms with Crippen LogP contribution < -0.4 is 11.1 Å². The second-order valence-electron chi connectivity index (χ2n) is 4.66. The van der Waals surface area contributed by atoms with Crippen molar-refractivity contribution in [2.45, 2.75) is 0 Å². The maximum atomic E-state index is 11.6. The van der Waals surface area contributed by atoms with Crippen molar-refractivity contribution in [3.63, 3.8) is 0 Å². The van der Waals surface area contributed by atoms with Crippen molar-refractivity contribution in [2.24, 2.45) is 7.05 Å². The normalized spacial score (nSPS) is 10.5. The van der Waals surface area contributed by atoms with E-state index in [9.17, 15) is 9.59 Å². The Hall–Kier alpha value is -2.95. The lowest BCUT2D eigenvalue weighted by atomic mass is 10.0. The van der Waals surface area contributed by atoms with Gasteiger partial charge in [0.05, 0.1) is 11.4 Å². The van der Waals surface area contributed by atoms with Gasteiger partial charge in [0, 0.05) is 24.7 Å². The number of aromatic amines is 1. The lowest BCUT2D eigenvalue weighted by Crippen LogP contribution is -2.18. The smallest absolute Gasteiger partial charge is 0.266 e. The van der Waals surface area contributed by atoms with Crippen LogP contribution in [0.15, 0.2) is 64.2 Å². The molecule has 0 amide bonds. The molecule has 5 heteroatoms. The van der Waals surface area contributed by atoms with Crippen LogP contribution >= 0.6 is 0 Å². The first-order valence-corrected chi connectivity index (χ1v) is 6.48. The number of H-pyrrole nitrogens is 1. The first-order valence-electron chi connectivity index (χ1n) is 6.48. The molecule has 3 rings (SSSR count). The van der Waals surface area contributed by atoms with E-state index in [4.69, 9.17) is 0 Å². The van der Waals surface area contributed by atoms with Crippen molar-refractivity contribution in [3.05, 3.63) is 75.3 Å². The van der Waals surface area contributed by atoms with Crippen LogP contribution in [0.5, 0.6) is 0 Å². The number of hydrogen-bond donors (Lipinski definition) is 1. The van der Waals surface area contributed by atoms with Gasteiger partial charge >= 0.3 is 0 Å². The van der Waals surface area contributed by atoms with Crippen LogP contribution in [0.25, 0.3) is 22.5 Å². The zero-order chi connectivity index (χ0) is 14.8. The van der Waals surface area contributed by atoms with Crippen LogP contribution in [0.3, 0.4) is 0 Å². The lowest BCUT2D eigenvalue weighted by Gasteiger charge is -2.09. The molecule has 5 nitrogen and oxygen atoms in total. The molecule has 2 aromatic heterocycles. The van der Waals surface area contributed by atoms with E-state index in [-0.39, 0.29) is 11.1 Å². The fraction of sp³-hybridized carbons (Fsp3) is 0.0625. The Labute approximate surface area is 120 Å². The number of nitrogens with one attached hydrogen (secondary N) is 1. The molecule has 1 N–H and O–H groups in total. The third-order valence-electron chi connectivity index (χ3n) is 3.22. The summed E-state index contributed by atoms with van der Waals surface area (Å²) in [5.74, 6) is 0. The highest BCUT2D eigenvalue weighted by molar-refractivity contribution is 5.78. The average Bonchev–Trinajstić information content (AvgIpc) is 2.51. The van der Waals surface area contributed by atoms with E-state index in [1.807, 2.05) is 30.3 Å². The number of rotatable bonds is 2. The fourth-order valence-electron chi connectivity index (χ4n) is 2.17. The van der Waals surface area contributed by atoms with Crippen LogP contribution in [0.2, 0.25) is 0 Å². The topological polar surface area (TPSA) is 67.8 Å². The molecule has 0 aliphatic carbocycles. The van der Waals surface area contributed by atoms with Crippen LogP contribution in [-0.4, -0.2) is 14.8 Å². The molecule has 0 atom stereocenters. The molecule has 0 radical (unpaired) electrons. The Morgan fingerprint density at radius 1 is 0.952 bits per heavy atom. The van der Waals surface area contributed by atoms with E-state index < -0.39 is 0 Å². The van der Waals surface area contributed by atoms with E-state index in [1.54, 1.807) is 19.2 Å². The molecule has 3 aromatic rings. The van der Waals surface area contributed by atoms with E-state index in [1.165, 1.54) is 16.8 Å². The van der Waals surface area contributed by atoms with Gasteiger partial charge in [-0.2, -0.15) is 5.10 Å². The average molecular weight is 279 g/mol. The first-order chi connectivity index (χ1) is 10.1. The minimum atomic E-state index is -0.178. The Morgan fingerprint density at radius 3 is 2.43 bits per heavy atom. The maximum Gasteiger partial charge on any atom is 0.266 e. The summed E-state index contributed by atoms with van der Waals surface area (Å²) in [7, 11) is 1.60. The summed E-state index contributed by atoms with van der Waals surface area (Å²) in [5, 5.41) is 4.24. The van der Waals surface area contributed by atoms with Gasteiger partial charge < -0.3 is 4.98 Å². The number of hydrogen-bond acceptors (Lipinski definition) is 3. The largest absolute Gasteiger partial charge is 0.321 e. The quantitative estimate of drug-likeness (QED) is 0.777. The van der Waals surface area contributed by atoms with Gasteiger partial charge in [-0.25, -0.2) is 4.68 Å². The number of aryl methyl sites for hydroxylation is 1. The van der Waals surface area contributed by atoms with Crippen LogP contribution in [0.4, 0.5) is 0 Å². The van der Waals surface area contributed by atoms with Gasteiger partial charge in [-0.3, -0.25) is 9.59 Å². The molecule has 0 aliphatic rings. The minimum Gasteiger partial charge on any atom is -0.321 e. The van der Waals surface area contributed by atoms with Crippen molar-refractivity contribution in [2.75, 3.05) is 0 Å². The highest BCUT2D eigenvalue weighted by Crippen LogP contribution is 2.27. The molecular weight excluding hydrogens is 266 g/mol. The monoisotopic (exact) mass is 279 g/mol. The van der Waals surface area contributed by atoms with Crippen molar-refractivity contribution >= 4 is 0 Å². The highest BCUT2D eigenvalue weighted by Gasteiger charge is 2.10. The molecule has 0 bridgehead atoms. The van der Waals surface area contributed by atoms with Gasteiger partial charge in [-0.1, -0.05) is 30.3 Å². The molecule has 1 aromatic carbocycles. The van der Waals surface area contributed by atoms with Crippen molar-refractivity contribution < 1.29 is 0 Å². The molecule has 0 unspecified atom stereocenters. The van der Waals surface area contributed by atoms with Gasteiger partial charge in [0.1, 0.15) is 0 Å². The van der Waals surface area contributed by atoms with Crippen LogP contribution in [0.1, 0.15) is 0 Å². The third-order valence-corrected chi connectivity index (χ3v) is 3.22. The van der Waals surface area contributed by atoms with Crippen molar-refractivity contribution in [1.29, 1.82) is 0 Å². The van der Waals surface area contributed by atoms with Gasteiger partial charge in [-0.15, -0.1) is 0 Å². The highest BCUT2D eigenvalue weighted by atomic mass is 16.1. The molecule has 0 saturated heterocycles. The third kappa shape index (κ3) is 2.53. The number of aromatic nitrogens is 3. The summed E-state index contributed by atoms with van der Waals surface area (Å²) in [4.78, 5) is 25.9. The Kier molecular flexibility index (Phi) is 3.23. The fourth-order valence-corrected chi connectivity index (χ4v) is 2.17. The van der Waals surface area contributed by atoms with E-state index in [0.717, 1.165) is 11.1 Å². The summed E-state index contributed by atoms with van der Waals surface area (Å²) < 4.78 is 1.27. The molecular formula is C16H13N3O2. The zero-order valence-corrected chi connectivity index (χ0v) is 11.4. The standard InChI is InChI=1S/C16H13N3O2/c1-19-15(21)10-8-13(18-19)12-7-9-14(20)17-16(12)11-5-3-2-4-6-11/h2-10H,1H3,(H,17,20). The molecule has 104 valence electrons. The second-order valence-corrected chi connectivity index (χ2v) is 4.66. The summed E-state index contributed by atoms with van der Waals surface area (Å²) in [6.07, 6.45) is 0. The molecule has 2 heterocycles.